The van der Waals surface area contributed by atoms with Crippen molar-refractivity contribution in [2.75, 3.05) is 5.73 Å². The molecule has 2 heterocycles. The van der Waals surface area contributed by atoms with Gasteiger partial charge in [0, 0.05) is 6.20 Å². The number of pyridine rings is 1. The number of hydrogen-bond donors (Lipinski definition) is 1. The Hall–Kier alpha value is -1.68. The van der Waals surface area contributed by atoms with Gasteiger partial charge in [0.05, 0.1) is 23.1 Å². The zero-order valence-electron chi connectivity index (χ0n) is 7.18. The number of hydrogen-bond acceptors (Lipinski definition) is 4. The molecule has 5 heteroatoms. The quantitative estimate of drug-likeness (QED) is 0.773. The number of nitrogen functional groups attached to an aromatic ring is 1. The molecule has 0 radical (unpaired) electrons. The summed E-state index contributed by atoms with van der Waals surface area (Å²) in [6.45, 7) is 0. The second kappa shape index (κ2) is 3.59. The zero-order valence-corrected chi connectivity index (χ0v) is 7.94. The monoisotopic (exact) mass is 206 g/mol. The average molecular weight is 207 g/mol. The highest BCUT2D eigenvalue weighted by molar-refractivity contribution is 6.30. The Bertz CT molecular complexity index is 380. The van der Waals surface area contributed by atoms with E-state index in [0.717, 1.165) is 0 Å². The highest BCUT2D eigenvalue weighted by Gasteiger charge is 2.01. The molecule has 2 rings (SSSR count). The summed E-state index contributed by atoms with van der Waals surface area (Å²) in [5.41, 5.74) is 6.67. The van der Waals surface area contributed by atoms with E-state index >= 15 is 0 Å². The van der Waals surface area contributed by atoms with Gasteiger partial charge in [0.15, 0.2) is 5.82 Å². The van der Waals surface area contributed by atoms with Crippen LogP contribution in [0.1, 0.15) is 0 Å². The molecule has 14 heavy (non-hydrogen) atoms. The Labute approximate surface area is 85.8 Å². The van der Waals surface area contributed by atoms with Gasteiger partial charge in [0.2, 0.25) is 0 Å². The maximum atomic E-state index is 5.70. The van der Waals surface area contributed by atoms with Crippen molar-refractivity contribution in [2.24, 2.45) is 0 Å². The molecule has 2 aromatic rings. The molecule has 0 aliphatic heterocycles. The molecule has 70 valence electrons. The SMILES string of the molecule is Nc1cnc(-c2ccc(Cl)cn2)nc1. The van der Waals surface area contributed by atoms with Crippen molar-refractivity contribution in [3.05, 3.63) is 35.7 Å². The van der Waals surface area contributed by atoms with E-state index in [1.807, 2.05) is 0 Å². The fourth-order valence-electron chi connectivity index (χ4n) is 0.978. The van der Waals surface area contributed by atoms with E-state index in [9.17, 15) is 0 Å². The summed E-state index contributed by atoms with van der Waals surface area (Å²) >= 11 is 5.70. The predicted molar refractivity (Wildman–Crippen MR) is 54.7 cm³/mol. The van der Waals surface area contributed by atoms with E-state index in [1.54, 1.807) is 30.7 Å². The predicted octanol–water partition coefficient (Wildman–Crippen LogP) is 1.77. The fourth-order valence-corrected chi connectivity index (χ4v) is 1.09. The van der Waals surface area contributed by atoms with Gasteiger partial charge >= 0.3 is 0 Å². The highest BCUT2D eigenvalue weighted by atomic mass is 35.5. The smallest absolute Gasteiger partial charge is 0.178 e. The normalized spacial score (nSPS) is 10.1. The van der Waals surface area contributed by atoms with Gasteiger partial charge in [-0.15, -0.1) is 0 Å². The third-order valence-corrected chi connectivity index (χ3v) is 1.85. The van der Waals surface area contributed by atoms with Crippen molar-refractivity contribution >= 4 is 17.3 Å². The summed E-state index contributed by atoms with van der Waals surface area (Å²) in [6, 6.07) is 3.50. The largest absolute Gasteiger partial charge is 0.396 e. The van der Waals surface area contributed by atoms with Gasteiger partial charge in [-0.05, 0) is 12.1 Å². The molecule has 2 aromatic heterocycles. The molecule has 0 aromatic carbocycles. The summed E-state index contributed by atoms with van der Waals surface area (Å²) < 4.78 is 0. The fraction of sp³-hybridized carbons (Fsp3) is 0. The summed E-state index contributed by atoms with van der Waals surface area (Å²) in [4.78, 5) is 12.2. The van der Waals surface area contributed by atoms with Gasteiger partial charge in [0.25, 0.3) is 0 Å². The van der Waals surface area contributed by atoms with Gasteiger partial charge in [0.1, 0.15) is 5.69 Å². The van der Waals surface area contributed by atoms with Crippen molar-refractivity contribution in [1.29, 1.82) is 0 Å². The van der Waals surface area contributed by atoms with Crippen molar-refractivity contribution < 1.29 is 0 Å². The van der Waals surface area contributed by atoms with E-state index in [4.69, 9.17) is 17.3 Å². The van der Waals surface area contributed by atoms with Crippen LogP contribution >= 0.6 is 11.6 Å². The Balaban J connectivity index is 2.40. The Morgan fingerprint density at radius 1 is 1.00 bits per heavy atom. The maximum absolute atomic E-state index is 5.70. The van der Waals surface area contributed by atoms with E-state index in [0.29, 0.717) is 22.2 Å². The lowest BCUT2D eigenvalue weighted by Gasteiger charge is -1.98. The van der Waals surface area contributed by atoms with Crippen molar-refractivity contribution in [1.82, 2.24) is 15.0 Å². The van der Waals surface area contributed by atoms with Crippen LogP contribution in [0.15, 0.2) is 30.7 Å². The number of aromatic nitrogens is 3. The van der Waals surface area contributed by atoms with Crippen LogP contribution in [-0.4, -0.2) is 15.0 Å². The van der Waals surface area contributed by atoms with Crippen LogP contribution in [0, 0.1) is 0 Å². The average Bonchev–Trinajstić information content (AvgIpc) is 2.21. The van der Waals surface area contributed by atoms with Crippen molar-refractivity contribution in [3.63, 3.8) is 0 Å². The lowest BCUT2D eigenvalue weighted by atomic mass is 10.3. The third-order valence-electron chi connectivity index (χ3n) is 1.63. The van der Waals surface area contributed by atoms with Crippen molar-refractivity contribution in [3.8, 4) is 11.5 Å². The molecule has 0 bridgehead atoms. The van der Waals surface area contributed by atoms with Crippen LogP contribution in [0.5, 0.6) is 0 Å². The first-order valence-electron chi connectivity index (χ1n) is 3.95. The van der Waals surface area contributed by atoms with Crippen LogP contribution in [-0.2, 0) is 0 Å². The summed E-state index contributed by atoms with van der Waals surface area (Å²) in [5, 5.41) is 0.587. The Morgan fingerprint density at radius 2 is 1.71 bits per heavy atom. The van der Waals surface area contributed by atoms with Crippen LogP contribution in [0.3, 0.4) is 0 Å². The molecule has 4 nitrogen and oxygen atoms in total. The molecule has 0 atom stereocenters. The first-order valence-corrected chi connectivity index (χ1v) is 4.33. The Kier molecular flexibility index (Phi) is 2.28. The van der Waals surface area contributed by atoms with Crippen LogP contribution < -0.4 is 5.73 Å². The molecule has 0 saturated heterocycles. The maximum Gasteiger partial charge on any atom is 0.178 e. The lowest BCUT2D eigenvalue weighted by molar-refractivity contribution is 1.14. The van der Waals surface area contributed by atoms with E-state index in [1.165, 1.54) is 0 Å². The van der Waals surface area contributed by atoms with Crippen LogP contribution in [0.25, 0.3) is 11.5 Å². The number of anilines is 1. The first-order chi connectivity index (χ1) is 6.75. The molecular formula is C9H7ClN4. The lowest BCUT2D eigenvalue weighted by Crippen LogP contribution is -1.93. The second-order valence-electron chi connectivity index (χ2n) is 2.70. The van der Waals surface area contributed by atoms with Gasteiger partial charge in [-0.2, -0.15) is 0 Å². The third kappa shape index (κ3) is 1.80. The molecule has 0 spiro atoms. The van der Waals surface area contributed by atoms with Gasteiger partial charge < -0.3 is 5.73 Å². The minimum absolute atomic E-state index is 0.530. The van der Waals surface area contributed by atoms with Gasteiger partial charge in [-0.3, -0.25) is 4.98 Å². The number of rotatable bonds is 1. The van der Waals surface area contributed by atoms with Crippen LogP contribution in [0.2, 0.25) is 5.02 Å². The molecule has 0 aliphatic rings. The topological polar surface area (TPSA) is 64.7 Å². The van der Waals surface area contributed by atoms with Gasteiger partial charge in [-0.25, -0.2) is 9.97 Å². The summed E-state index contributed by atoms with van der Waals surface area (Å²) in [7, 11) is 0. The van der Waals surface area contributed by atoms with Crippen molar-refractivity contribution in [2.45, 2.75) is 0 Å². The molecule has 0 aliphatic carbocycles. The zero-order chi connectivity index (χ0) is 9.97. The summed E-state index contributed by atoms with van der Waals surface area (Å²) in [5.74, 6) is 0.538. The molecular weight excluding hydrogens is 200 g/mol. The number of nitrogens with two attached hydrogens (primary N) is 1. The number of halogens is 1. The standard InChI is InChI=1S/C9H7ClN4/c10-6-1-2-8(12-3-6)9-13-4-7(11)5-14-9/h1-5H,11H2. The Morgan fingerprint density at radius 3 is 2.29 bits per heavy atom. The first kappa shape index (κ1) is 8.90. The minimum Gasteiger partial charge on any atom is -0.396 e. The highest BCUT2D eigenvalue weighted by Crippen LogP contribution is 2.14. The molecule has 0 fully saturated rings. The molecule has 0 amide bonds. The number of nitrogens with zero attached hydrogens (tertiary/aromatic N) is 3. The van der Waals surface area contributed by atoms with E-state index < -0.39 is 0 Å². The second-order valence-corrected chi connectivity index (χ2v) is 3.14. The molecule has 0 unspecified atom stereocenters. The van der Waals surface area contributed by atoms with Crippen LogP contribution in [0.4, 0.5) is 5.69 Å². The molecule has 0 saturated carbocycles. The van der Waals surface area contributed by atoms with E-state index in [-0.39, 0.29) is 0 Å². The summed E-state index contributed by atoms with van der Waals surface area (Å²) in [6.07, 6.45) is 4.63. The minimum atomic E-state index is 0.530. The molecule has 2 N–H and O–H groups in total. The van der Waals surface area contributed by atoms with Gasteiger partial charge in [-0.1, -0.05) is 11.6 Å². The van der Waals surface area contributed by atoms with E-state index in [2.05, 4.69) is 15.0 Å².